The fourth-order valence-electron chi connectivity index (χ4n) is 6.15. The van der Waals surface area contributed by atoms with E-state index in [1.54, 1.807) is 6.07 Å². The van der Waals surface area contributed by atoms with Gasteiger partial charge in [0.25, 0.3) is 0 Å². The van der Waals surface area contributed by atoms with E-state index in [1.165, 1.54) is 16.7 Å². The van der Waals surface area contributed by atoms with Crippen molar-refractivity contribution in [1.29, 1.82) is 0 Å². The molecule has 0 fully saturated rings. The van der Waals surface area contributed by atoms with Crippen LogP contribution in [0.5, 0.6) is 5.75 Å². The Bertz CT molecular complexity index is 2150. The number of hydrogen-bond donors (Lipinski definition) is 1. The molecule has 1 atom stereocenters. The zero-order valence-electron chi connectivity index (χ0n) is 26.9. The van der Waals surface area contributed by atoms with Crippen LogP contribution in [0.4, 0.5) is 0 Å². The summed E-state index contributed by atoms with van der Waals surface area (Å²) in [7, 11) is 2.03. The molecule has 0 saturated heterocycles. The van der Waals surface area contributed by atoms with Crippen LogP contribution < -0.4 is 0 Å². The van der Waals surface area contributed by atoms with Gasteiger partial charge in [-0.25, -0.2) is 4.98 Å². The molecule has 0 aliphatic heterocycles. The van der Waals surface area contributed by atoms with Crippen molar-refractivity contribution in [2.45, 2.75) is 32.6 Å². The minimum absolute atomic E-state index is 0. The maximum Gasteiger partial charge on any atom is 0.143 e. The Morgan fingerprint density at radius 3 is 2.09 bits per heavy atom. The van der Waals surface area contributed by atoms with Crippen LogP contribution in [0, 0.1) is 6.07 Å². The molecule has 5 heteroatoms. The molecule has 0 spiro atoms. The van der Waals surface area contributed by atoms with Crippen molar-refractivity contribution in [3.63, 3.8) is 0 Å². The molecule has 0 amide bonds. The molecule has 0 aliphatic rings. The second-order valence-electron chi connectivity index (χ2n) is 12.3. The minimum atomic E-state index is 0. The second-order valence-corrected chi connectivity index (χ2v) is 12.3. The van der Waals surface area contributed by atoms with Crippen molar-refractivity contribution in [3.05, 3.63) is 150 Å². The quantitative estimate of drug-likeness (QED) is 0.164. The molecule has 2 aromatic heterocycles. The third-order valence-corrected chi connectivity index (χ3v) is 8.97. The van der Waals surface area contributed by atoms with Gasteiger partial charge in [0.05, 0.1) is 16.6 Å². The Hall–Kier alpha value is -4.79. The zero-order chi connectivity index (χ0) is 31.8. The van der Waals surface area contributed by atoms with E-state index < -0.39 is 0 Å². The number of benzene rings is 5. The number of imidazole rings is 1. The van der Waals surface area contributed by atoms with E-state index >= 15 is 0 Å². The van der Waals surface area contributed by atoms with Crippen LogP contribution in [0.1, 0.15) is 49.3 Å². The number of rotatable bonds is 7. The molecule has 5 aromatic carbocycles. The molecule has 7 aromatic rings. The van der Waals surface area contributed by atoms with E-state index in [0.717, 1.165) is 44.5 Å². The molecule has 0 aliphatic carbocycles. The molecule has 0 radical (unpaired) electrons. The van der Waals surface area contributed by atoms with Gasteiger partial charge in [0.2, 0.25) is 0 Å². The van der Waals surface area contributed by atoms with Crippen LogP contribution in [-0.2, 0) is 28.1 Å². The van der Waals surface area contributed by atoms with Gasteiger partial charge in [-0.2, -0.15) is 0 Å². The maximum atomic E-state index is 11.1. The first-order chi connectivity index (χ1) is 22.4. The molecule has 2 heterocycles. The molecule has 0 saturated carbocycles. The fourth-order valence-corrected chi connectivity index (χ4v) is 6.15. The molecule has 7 rings (SSSR count). The van der Waals surface area contributed by atoms with Crippen molar-refractivity contribution in [1.82, 2.24) is 14.5 Å². The van der Waals surface area contributed by atoms with Gasteiger partial charge in [0.1, 0.15) is 11.6 Å². The number of hydrogen-bond acceptors (Lipinski definition) is 3. The molecule has 236 valence electrons. The molecular weight excluding hydrogens is 758 g/mol. The summed E-state index contributed by atoms with van der Waals surface area (Å²) in [6.45, 7) is 6.60. The first kappa shape index (κ1) is 32.2. The van der Waals surface area contributed by atoms with Crippen molar-refractivity contribution in [2.75, 3.05) is 0 Å². The van der Waals surface area contributed by atoms with E-state index in [0.29, 0.717) is 17.3 Å². The van der Waals surface area contributed by atoms with Gasteiger partial charge >= 0.3 is 0 Å². The zero-order valence-corrected chi connectivity index (χ0v) is 29.2. The van der Waals surface area contributed by atoms with Gasteiger partial charge in [-0.05, 0) is 51.9 Å². The Labute approximate surface area is 291 Å². The summed E-state index contributed by atoms with van der Waals surface area (Å²) in [5.74, 6) is 1.48. The van der Waals surface area contributed by atoms with E-state index in [9.17, 15) is 5.11 Å². The van der Waals surface area contributed by atoms with Crippen LogP contribution in [0.3, 0.4) is 0 Å². The summed E-state index contributed by atoms with van der Waals surface area (Å²) in [6.07, 6.45) is 1.96. The van der Waals surface area contributed by atoms with E-state index in [2.05, 4.69) is 116 Å². The Kier molecular flexibility index (Phi) is 9.25. The number of aromatic hydroxyl groups is 1. The van der Waals surface area contributed by atoms with Gasteiger partial charge in [-0.1, -0.05) is 117 Å². The SMILES string of the molecule is CC(C)c1ccc(-c2[c-]c(-c3cc(C(C)c4ccccc4)cc4c3nc(-c3cc(-c5ccccc5)ccc3O)n4C)ccc2)nc1.[Pt]. The first-order valence-corrected chi connectivity index (χ1v) is 15.8. The van der Waals surface area contributed by atoms with Gasteiger partial charge < -0.3 is 9.67 Å². The number of aryl methyl sites for hydroxylation is 1. The standard InChI is InChI=1S/C42H36N3O.Pt/c1-27(2)34-18-20-38(43-26-34)33-17-11-16-32(22-33)36-24-35(28(3)29-12-7-5-8-13-29)25-39-41(36)44-42(45(39)4)37-23-31(19-21-40(37)46)30-14-9-6-10-15-30;/h5-21,23-28,46H,1-4H3;/q-1;. The molecule has 1 unspecified atom stereocenters. The maximum absolute atomic E-state index is 11.1. The van der Waals surface area contributed by atoms with Crippen LogP contribution >= 0.6 is 0 Å². The number of aromatic nitrogens is 3. The number of fused-ring (bicyclic) bond motifs is 1. The predicted octanol–water partition coefficient (Wildman–Crippen LogP) is 10.4. The number of phenols is 1. The first-order valence-electron chi connectivity index (χ1n) is 15.8. The van der Waals surface area contributed by atoms with Crippen LogP contribution in [-0.4, -0.2) is 19.6 Å². The molecule has 1 N–H and O–H groups in total. The smallest absolute Gasteiger partial charge is 0.143 e. The van der Waals surface area contributed by atoms with Gasteiger partial charge in [-0.3, -0.25) is 4.98 Å². The third kappa shape index (κ3) is 6.31. The molecule has 47 heavy (non-hydrogen) atoms. The summed E-state index contributed by atoms with van der Waals surface area (Å²) >= 11 is 0. The largest absolute Gasteiger partial charge is 0.507 e. The fraction of sp³-hybridized carbons (Fsp3) is 0.143. The summed E-state index contributed by atoms with van der Waals surface area (Å²) in [4.78, 5) is 10.0. The predicted molar refractivity (Wildman–Crippen MR) is 189 cm³/mol. The Morgan fingerprint density at radius 2 is 1.38 bits per heavy atom. The van der Waals surface area contributed by atoms with Crippen molar-refractivity contribution in [3.8, 4) is 50.6 Å². The normalized spacial score (nSPS) is 11.9. The number of nitrogens with zero attached hydrogens (tertiary/aromatic N) is 3. The summed E-state index contributed by atoms with van der Waals surface area (Å²) in [5, 5.41) is 11.1. The number of pyridine rings is 1. The van der Waals surface area contributed by atoms with Crippen molar-refractivity contribution in [2.24, 2.45) is 7.05 Å². The summed E-state index contributed by atoms with van der Waals surface area (Å²) < 4.78 is 2.10. The summed E-state index contributed by atoms with van der Waals surface area (Å²) in [5.41, 5.74) is 12.1. The van der Waals surface area contributed by atoms with Crippen molar-refractivity contribution >= 4 is 11.0 Å². The van der Waals surface area contributed by atoms with Gasteiger partial charge in [0, 0.05) is 45.9 Å². The van der Waals surface area contributed by atoms with Gasteiger partial charge in [-0.15, -0.1) is 29.8 Å². The van der Waals surface area contributed by atoms with Crippen LogP contribution in [0.25, 0.3) is 55.9 Å². The average Bonchev–Trinajstić information content (AvgIpc) is 3.44. The Balaban J connectivity index is 0.00000386. The van der Waals surface area contributed by atoms with E-state index in [-0.39, 0.29) is 32.7 Å². The minimum Gasteiger partial charge on any atom is -0.507 e. The van der Waals surface area contributed by atoms with E-state index in [1.807, 2.05) is 43.6 Å². The van der Waals surface area contributed by atoms with Crippen LogP contribution in [0.15, 0.2) is 128 Å². The Morgan fingerprint density at radius 1 is 0.660 bits per heavy atom. The third-order valence-electron chi connectivity index (χ3n) is 8.97. The van der Waals surface area contributed by atoms with Crippen LogP contribution in [0.2, 0.25) is 0 Å². The average molecular weight is 794 g/mol. The summed E-state index contributed by atoms with van der Waals surface area (Å²) in [6, 6.07) is 45.1. The molecule has 4 nitrogen and oxygen atoms in total. The van der Waals surface area contributed by atoms with Crippen molar-refractivity contribution < 1.29 is 26.2 Å². The topological polar surface area (TPSA) is 50.9 Å². The van der Waals surface area contributed by atoms with Gasteiger partial charge in [0.15, 0.2) is 0 Å². The molecule has 0 bridgehead atoms. The monoisotopic (exact) mass is 793 g/mol. The number of phenolic OH excluding ortho intramolecular Hbond substituents is 1. The van der Waals surface area contributed by atoms with E-state index in [4.69, 9.17) is 9.97 Å². The second kappa shape index (κ2) is 13.5. The molecular formula is C42H36N3OPt-.